The van der Waals surface area contributed by atoms with Crippen LogP contribution in [0.25, 0.3) is 11.0 Å². The van der Waals surface area contributed by atoms with Gasteiger partial charge >= 0.3 is 0 Å². The SMILES string of the molecule is COc1ccc2nc(CCCl)n(Cc3csc(C)n3)c2c1. The fourth-order valence-electron chi connectivity index (χ4n) is 2.37. The number of aryl methyl sites for hydroxylation is 2. The summed E-state index contributed by atoms with van der Waals surface area (Å²) < 4.78 is 7.50. The van der Waals surface area contributed by atoms with Crippen LogP contribution >= 0.6 is 22.9 Å². The van der Waals surface area contributed by atoms with E-state index in [1.54, 1.807) is 18.4 Å². The lowest BCUT2D eigenvalue weighted by Gasteiger charge is -2.07. The number of halogens is 1. The first-order valence-corrected chi connectivity index (χ1v) is 8.13. The molecule has 21 heavy (non-hydrogen) atoms. The molecule has 0 radical (unpaired) electrons. The molecule has 0 N–H and O–H groups in total. The molecule has 3 aromatic rings. The van der Waals surface area contributed by atoms with Gasteiger partial charge in [-0.3, -0.25) is 0 Å². The first-order valence-electron chi connectivity index (χ1n) is 6.71. The average molecular weight is 322 g/mol. The number of benzene rings is 1. The number of aromatic nitrogens is 3. The van der Waals surface area contributed by atoms with E-state index < -0.39 is 0 Å². The number of thiazole rings is 1. The molecule has 0 bridgehead atoms. The maximum absolute atomic E-state index is 5.91. The van der Waals surface area contributed by atoms with Crippen LogP contribution < -0.4 is 4.74 Å². The molecule has 0 unspecified atom stereocenters. The topological polar surface area (TPSA) is 39.9 Å². The molecule has 0 saturated carbocycles. The minimum atomic E-state index is 0.552. The molecule has 4 nitrogen and oxygen atoms in total. The third kappa shape index (κ3) is 2.89. The maximum atomic E-state index is 5.91. The number of rotatable bonds is 5. The number of nitrogens with zero attached hydrogens (tertiary/aromatic N) is 3. The molecule has 110 valence electrons. The summed E-state index contributed by atoms with van der Waals surface area (Å²) in [5.74, 6) is 2.37. The number of hydrogen-bond donors (Lipinski definition) is 0. The zero-order valence-corrected chi connectivity index (χ0v) is 13.5. The summed E-state index contributed by atoms with van der Waals surface area (Å²) in [7, 11) is 1.67. The zero-order chi connectivity index (χ0) is 14.8. The van der Waals surface area contributed by atoms with Gasteiger partial charge in [-0.25, -0.2) is 9.97 Å². The van der Waals surface area contributed by atoms with Crippen LogP contribution in [0.5, 0.6) is 5.75 Å². The van der Waals surface area contributed by atoms with Crippen molar-refractivity contribution in [2.45, 2.75) is 19.9 Å². The summed E-state index contributed by atoms with van der Waals surface area (Å²) in [6.45, 7) is 2.73. The number of imidazole rings is 1. The summed E-state index contributed by atoms with van der Waals surface area (Å²) in [5, 5.41) is 3.16. The van der Waals surface area contributed by atoms with E-state index in [1.807, 2.05) is 25.1 Å². The van der Waals surface area contributed by atoms with Crippen LogP contribution in [-0.4, -0.2) is 27.5 Å². The van der Waals surface area contributed by atoms with E-state index >= 15 is 0 Å². The van der Waals surface area contributed by atoms with Crippen molar-refractivity contribution in [3.05, 3.63) is 40.1 Å². The van der Waals surface area contributed by atoms with E-state index in [0.29, 0.717) is 12.4 Å². The molecule has 0 amide bonds. The highest BCUT2D eigenvalue weighted by Crippen LogP contribution is 2.24. The van der Waals surface area contributed by atoms with E-state index in [-0.39, 0.29) is 0 Å². The minimum absolute atomic E-state index is 0.552. The first-order chi connectivity index (χ1) is 10.2. The van der Waals surface area contributed by atoms with Gasteiger partial charge in [0.15, 0.2) is 0 Å². The van der Waals surface area contributed by atoms with Crippen molar-refractivity contribution >= 4 is 34.0 Å². The Labute approximate surface area is 132 Å². The quantitative estimate of drug-likeness (QED) is 0.674. The predicted molar refractivity (Wildman–Crippen MR) is 86.7 cm³/mol. The molecule has 0 aliphatic heterocycles. The fraction of sp³-hybridized carbons (Fsp3) is 0.333. The molecule has 2 heterocycles. The Morgan fingerprint density at radius 1 is 1.33 bits per heavy atom. The zero-order valence-electron chi connectivity index (χ0n) is 12.0. The fourth-order valence-corrected chi connectivity index (χ4v) is 3.15. The monoisotopic (exact) mass is 321 g/mol. The second-order valence-electron chi connectivity index (χ2n) is 4.77. The van der Waals surface area contributed by atoms with Gasteiger partial charge < -0.3 is 9.30 Å². The Hall–Kier alpha value is -1.59. The molecular formula is C15H16ClN3OS. The van der Waals surface area contributed by atoms with Gasteiger partial charge in [-0.1, -0.05) is 0 Å². The van der Waals surface area contributed by atoms with E-state index in [9.17, 15) is 0 Å². The van der Waals surface area contributed by atoms with Crippen LogP contribution in [0.1, 0.15) is 16.5 Å². The normalized spacial score (nSPS) is 11.2. The van der Waals surface area contributed by atoms with Gasteiger partial charge in [-0.2, -0.15) is 0 Å². The molecule has 2 aromatic heterocycles. The number of methoxy groups -OCH3 is 1. The lowest BCUT2D eigenvalue weighted by Crippen LogP contribution is -2.06. The Bertz CT molecular complexity index is 765. The van der Waals surface area contributed by atoms with Gasteiger partial charge in [0.2, 0.25) is 0 Å². The van der Waals surface area contributed by atoms with E-state index in [0.717, 1.165) is 39.7 Å². The van der Waals surface area contributed by atoms with Crippen molar-refractivity contribution in [3.8, 4) is 5.75 Å². The lowest BCUT2D eigenvalue weighted by molar-refractivity contribution is 0.415. The molecule has 6 heteroatoms. The van der Waals surface area contributed by atoms with Crippen LogP contribution in [0.3, 0.4) is 0 Å². The average Bonchev–Trinajstić information content (AvgIpc) is 3.04. The van der Waals surface area contributed by atoms with Gasteiger partial charge in [0.05, 0.1) is 35.4 Å². The number of ether oxygens (including phenoxy) is 1. The standard InChI is InChI=1S/C15H16ClN3OS/c1-10-17-11(9-21-10)8-19-14-7-12(20-2)3-4-13(14)18-15(19)5-6-16/h3-4,7,9H,5-6,8H2,1-2H3. The third-order valence-electron chi connectivity index (χ3n) is 3.34. The predicted octanol–water partition coefficient (Wildman–Crippen LogP) is 3.64. The van der Waals surface area contributed by atoms with Crippen molar-refractivity contribution in [3.63, 3.8) is 0 Å². The molecule has 0 aliphatic rings. The van der Waals surface area contributed by atoms with Gasteiger partial charge in [-0.15, -0.1) is 22.9 Å². The Morgan fingerprint density at radius 2 is 2.19 bits per heavy atom. The van der Waals surface area contributed by atoms with Crippen LogP contribution in [0, 0.1) is 6.92 Å². The van der Waals surface area contributed by atoms with E-state index in [4.69, 9.17) is 16.3 Å². The second-order valence-corrected chi connectivity index (χ2v) is 6.21. The third-order valence-corrected chi connectivity index (χ3v) is 4.35. The van der Waals surface area contributed by atoms with Gasteiger partial charge in [0, 0.05) is 23.7 Å². The molecular weight excluding hydrogens is 306 g/mol. The largest absolute Gasteiger partial charge is 0.497 e. The first kappa shape index (κ1) is 14.4. The van der Waals surface area contributed by atoms with Crippen molar-refractivity contribution < 1.29 is 4.74 Å². The molecule has 0 spiro atoms. The summed E-state index contributed by atoms with van der Waals surface area (Å²) in [4.78, 5) is 9.22. The Kier molecular flexibility index (Phi) is 4.12. The summed E-state index contributed by atoms with van der Waals surface area (Å²) in [6.07, 6.45) is 0.738. The van der Waals surface area contributed by atoms with Crippen LogP contribution in [0.15, 0.2) is 23.6 Å². The Morgan fingerprint density at radius 3 is 2.86 bits per heavy atom. The highest BCUT2D eigenvalue weighted by molar-refractivity contribution is 7.09. The van der Waals surface area contributed by atoms with E-state index in [2.05, 4.69) is 19.9 Å². The van der Waals surface area contributed by atoms with Crippen LogP contribution in [-0.2, 0) is 13.0 Å². The van der Waals surface area contributed by atoms with Crippen molar-refractivity contribution in [2.24, 2.45) is 0 Å². The second kappa shape index (κ2) is 6.03. The smallest absolute Gasteiger partial charge is 0.121 e. The molecule has 0 saturated heterocycles. The van der Waals surface area contributed by atoms with Crippen molar-refractivity contribution in [2.75, 3.05) is 13.0 Å². The number of alkyl halides is 1. The molecule has 0 fully saturated rings. The van der Waals surface area contributed by atoms with Gasteiger partial charge in [0.1, 0.15) is 11.6 Å². The molecule has 0 atom stereocenters. The molecule has 1 aromatic carbocycles. The van der Waals surface area contributed by atoms with Crippen LogP contribution in [0.2, 0.25) is 0 Å². The molecule has 3 rings (SSSR count). The Balaban J connectivity index is 2.09. The van der Waals surface area contributed by atoms with Crippen molar-refractivity contribution in [1.82, 2.24) is 14.5 Å². The molecule has 0 aliphatic carbocycles. The van der Waals surface area contributed by atoms with Crippen LogP contribution in [0.4, 0.5) is 0 Å². The summed E-state index contributed by atoms with van der Waals surface area (Å²) in [5.41, 5.74) is 3.07. The lowest BCUT2D eigenvalue weighted by atomic mass is 10.3. The number of fused-ring (bicyclic) bond motifs is 1. The van der Waals surface area contributed by atoms with Gasteiger partial charge in [-0.05, 0) is 19.1 Å². The summed E-state index contributed by atoms with van der Waals surface area (Å²) >= 11 is 7.57. The van der Waals surface area contributed by atoms with E-state index in [1.165, 1.54) is 0 Å². The van der Waals surface area contributed by atoms with Crippen molar-refractivity contribution in [1.29, 1.82) is 0 Å². The number of hydrogen-bond acceptors (Lipinski definition) is 4. The minimum Gasteiger partial charge on any atom is -0.497 e. The highest BCUT2D eigenvalue weighted by Gasteiger charge is 2.13. The maximum Gasteiger partial charge on any atom is 0.121 e. The summed E-state index contributed by atoms with van der Waals surface area (Å²) in [6, 6.07) is 5.92. The van der Waals surface area contributed by atoms with Gasteiger partial charge in [0.25, 0.3) is 0 Å². The highest BCUT2D eigenvalue weighted by atomic mass is 35.5.